The lowest BCUT2D eigenvalue weighted by Gasteiger charge is -2.12. The topological polar surface area (TPSA) is 117 Å². The third-order valence-corrected chi connectivity index (χ3v) is 2.83. The zero-order valence-corrected chi connectivity index (χ0v) is 9.54. The van der Waals surface area contributed by atoms with Crippen molar-refractivity contribution in [2.75, 3.05) is 5.32 Å². The Labute approximate surface area is 103 Å². The summed E-state index contributed by atoms with van der Waals surface area (Å²) in [6.07, 6.45) is 4.52. The molecule has 1 aliphatic carbocycles. The predicted molar refractivity (Wildman–Crippen MR) is 60.7 cm³/mol. The number of aromatic nitrogens is 3. The highest BCUT2D eigenvalue weighted by molar-refractivity contribution is 5.87. The van der Waals surface area contributed by atoms with E-state index in [0.29, 0.717) is 19.3 Å². The van der Waals surface area contributed by atoms with Crippen LogP contribution in [0, 0.1) is 5.92 Å². The Morgan fingerprint density at radius 1 is 1.33 bits per heavy atom. The molecule has 96 valence electrons. The summed E-state index contributed by atoms with van der Waals surface area (Å²) in [6.45, 7) is 0. The Kier molecular flexibility index (Phi) is 3.66. The van der Waals surface area contributed by atoms with Gasteiger partial charge in [-0.15, -0.1) is 5.10 Å². The maximum absolute atomic E-state index is 11.6. The molecule has 8 heteroatoms. The monoisotopic (exact) mass is 251 g/mol. The minimum Gasteiger partial charge on any atom is -0.481 e. The molecule has 0 aromatic carbocycles. The first-order valence-electron chi connectivity index (χ1n) is 5.59. The van der Waals surface area contributed by atoms with Crippen LogP contribution >= 0.6 is 0 Å². The number of carboxylic acids is 1. The van der Waals surface area contributed by atoms with Crippen molar-refractivity contribution in [2.24, 2.45) is 5.92 Å². The second-order valence-electron chi connectivity index (χ2n) is 4.11. The standard InChI is InChI=1S/C10H13N5O3/c16-8(17)6-1-2-7(5-6)13-10(18)14-9-11-3-4-12-15-9/h3-4,6-7H,1-2,5H2,(H,16,17)(H2,11,13,14,15,18)/t6-,7+/m1/s1. The molecular formula is C10H13N5O3. The number of hydrogen-bond donors (Lipinski definition) is 3. The molecule has 0 unspecified atom stereocenters. The molecule has 3 N–H and O–H groups in total. The molecule has 1 aliphatic rings. The van der Waals surface area contributed by atoms with Crippen LogP contribution in [-0.2, 0) is 4.79 Å². The van der Waals surface area contributed by atoms with Crippen LogP contribution in [0.4, 0.5) is 10.7 Å². The van der Waals surface area contributed by atoms with Crippen LogP contribution in [0.15, 0.2) is 12.4 Å². The summed E-state index contributed by atoms with van der Waals surface area (Å²) in [7, 11) is 0. The lowest BCUT2D eigenvalue weighted by atomic mass is 10.1. The lowest BCUT2D eigenvalue weighted by molar-refractivity contribution is -0.141. The number of carbonyl (C=O) groups is 2. The number of aliphatic carboxylic acids is 1. The molecule has 1 aromatic rings. The van der Waals surface area contributed by atoms with Crippen molar-refractivity contribution < 1.29 is 14.7 Å². The molecule has 18 heavy (non-hydrogen) atoms. The molecule has 1 fully saturated rings. The number of amides is 2. The lowest BCUT2D eigenvalue weighted by Crippen LogP contribution is -2.37. The molecule has 2 atom stereocenters. The van der Waals surface area contributed by atoms with Crippen LogP contribution in [-0.4, -0.2) is 38.3 Å². The number of anilines is 1. The molecule has 1 aromatic heterocycles. The number of nitrogens with one attached hydrogen (secondary N) is 2. The van der Waals surface area contributed by atoms with Gasteiger partial charge in [-0.3, -0.25) is 10.1 Å². The van der Waals surface area contributed by atoms with E-state index in [0.717, 1.165) is 0 Å². The summed E-state index contributed by atoms with van der Waals surface area (Å²) in [5.41, 5.74) is 0. The summed E-state index contributed by atoms with van der Waals surface area (Å²) in [5.74, 6) is -1.07. The molecule has 8 nitrogen and oxygen atoms in total. The minimum atomic E-state index is -0.810. The van der Waals surface area contributed by atoms with Crippen LogP contribution in [0.1, 0.15) is 19.3 Å². The fraction of sp³-hybridized carbons (Fsp3) is 0.500. The van der Waals surface area contributed by atoms with Crippen molar-refractivity contribution in [1.82, 2.24) is 20.5 Å². The van der Waals surface area contributed by atoms with Gasteiger partial charge in [0, 0.05) is 6.04 Å². The highest BCUT2D eigenvalue weighted by Crippen LogP contribution is 2.25. The molecule has 1 saturated carbocycles. The number of carboxylic acid groups (broad SMARTS) is 1. The van der Waals surface area contributed by atoms with Crippen LogP contribution in [0.25, 0.3) is 0 Å². The first-order chi connectivity index (χ1) is 8.65. The first-order valence-corrected chi connectivity index (χ1v) is 5.59. The summed E-state index contributed by atoms with van der Waals surface area (Å²) >= 11 is 0. The van der Waals surface area contributed by atoms with Crippen LogP contribution in [0.2, 0.25) is 0 Å². The van der Waals surface area contributed by atoms with Gasteiger partial charge in [0.05, 0.1) is 18.3 Å². The molecule has 2 amide bonds. The number of nitrogens with zero attached hydrogens (tertiary/aromatic N) is 3. The van der Waals surface area contributed by atoms with E-state index < -0.39 is 12.0 Å². The first kappa shape index (κ1) is 12.2. The van der Waals surface area contributed by atoms with Gasteiger partial charge in [-0.05, 0) is 19.3 Å². The van der Waals surface area contributed by atoms with Crippen molar-refractivity contribution in [3.63, 3.8) is 0 Å². The SMILES string of the molecule is O=C(Nc1nccnn1)N[C@H]1CC[C@@H](C(=O)O)C1. The van der Waals surface area contributed by atoms with Gasteiger partial charge in [0.2, 0.25) is 0 Å². The van der Waals surface area contributed by atoms with Gasteiger partial charge in [0.1, 0.15) is 0 Å². The third kappa shape index (κ3) is 3.12. The zero-order chi connectivity index (χ0) is 13.0. The van der Waals surface area contributed by atoms with Gasteiger partial charge >= 0.3 is 12.0 Å². The molecule has 2 rings (SSSR count). The van der Waals surface area contributed by atoms with E-state index in [1.165, 1.54) is 12.4 Å². The number of urea groups is 1. The molecule has 0 bridgehead atoms. The summed E-state index contributed by atoms with van der Waals surface area (Å²) in [5, 5.41) is 21.1. The van der Waals surface area contributed by atoms with E-state index in [1.54, 1.807) is 0 Å². The quantitative estimate of drug-likeness (QED) is 0.708. The van der Waals surface area contributed by atoms with Gasteiger partial charge in [-0.1, -0.05) is 0 Å². The molecule has 0 spiro atoms. The molecule has 1 heterocycles. The fourth-order valence-corrected chi connectivity index (χ4v) is 1.96. The number of carbonyl (C=O) groups excluding carboxylic acids is 1. The van der Waals surface area contributed by atoms with Crippen molar-refractivity contribution in [1.29, 1.82) is 0 Å². The normalized spacial score (nSPS) is 22.4. The number of rotatable bonds is 3. The van der Waals surface area contributed by atoms with Gasteiger partial charge in [-0.25, -0.2) is 9.78 Å². The zero-order valence-electron chi connectivity index (χ0n) is 9.54. The molecule has 0 aliphatic heterocycles. The van der Waals surface area contributed by atoms with Crippen LogP contribution in [0.3, 0.4) is 0 Å². The molecular weight excluding hydrogens is 238 g/mol. The number of hydrogen-bond acceptors (Lipinski definition) is 5. The van der Waals surface area contributed by atoms with Gasteiger partial charge in [-0.2, -0.15) is 5.10 Å². The average molecular weight is 251 g/mol. The second-order valence-corrected chi connectivity index (χ2v) is 4.11. The van der Waals surface area contributed by atoms with Crippen molar-refractivity contribution in [3.8, 4) is 0 Å². The maximum Gasteiger partial charge on any atom is 0.321 e. The van der Waals surface area contributed by atoms with Crippen molar-refractivity contribution >= 4 is 17.9 Å². The second kappa shape index (κ2) is 5.39. The maximum atomic E-state index is 11.6. The van der Waals surface area contributed by atoms with Gasteiger partial charge in [0.15, 0.2) is 0 Å². The van der Waals surface area contributed by atoms with Gasteiger partial charge < -0.3 is 10.4 Å². The Hall–Kier alpha value is -2.25. The Morgan fingerprint density at radius 3 is 2.78 bits per heavy atom. The highest BCUT2D eigenvalue weighted by atomic mass is 16.4. The predicted octanol–water partition coefficient (Wildman–Crippen LogP) is 0.246. The summed E-state index contributed by atoms with van der Waals surface area (Å²) < 4.78 is 0. The van der Waals surface area contributed by atoms with Crippen LogP contribution < -0.4 is 10.6 Å². The third-order valence-electron chi connectivity index (χ3n) is 2.83. The Balaban J connectivity index is 1.80. The fourth-order valence-electron chi connectivity index (χ4n) is 1.96. The Morgan fingerprint density at radius 2 is 2.17 bits per heavy atom. The average Bonchev–Trinajstić information content (AvgIpc) is 2.78. The molecule has 0 saturated heterocycles. The van der Waals surface area contributed by atoms with Crippen LogP contribution in [0.5, 0.6) is 0 Å². The van der Waals surface area contributed by atoms with E-state index in [9.17, 15) is 9.59 Å². The van der Waals surface area contributed by atoms with E-state index in [-0.39, 0.29) is 17.9 Å². The van der Waals surface area contributed by atoms with E-state index in [1.807, 2.05) is 0 Å². The van der Waals surface area contributed by atoms with Crippen molar-refractivity contribution in [3.05, 3.63) is 12.4 Å². The van der Waals surface area contributed by atoms with E-state index >= 15 is 0 Å². The summed E-state index contributed by atoms with van der Waals surface area (Å²) in [4.78, 5) is 26.1. The van der Waals surface area contributed by atoms with Gasteiger partial charge in [0.25, 0.3) is 5.95 Å². The van der Waals surface area contributed by atoms with Crippen molar-refractivity contribution in [2.45, 2.75) is 25.3 Å². The van der Waals surface area contributed by atoms with E-state index in [4.69, 9.17) is 5.11 Å². The smallest absolute Gasteiger partial charge is 0.321 e. The summed E-state index contributed by atoms with van der Waals surface area (Å²) in [6, 6.07) is -0.568. The van der Waals surface area contributed by atoms with E-state index in [2.05, 4.69) is 25.8 Å². The molecule has 0 radical (unpaired) electrons. The largest absolute Gasteiger partial charge is 0.481 e. The Bertz CT molecular complexity index is 438. The minimum absolute atomic E-state index is 0.114. The highest BCUT2D eigenvalue weighted by Gasteiger charge is 2.30.